The third-order valence-corrected chi connectivity index (χ3v) is 5.19. The number of carbonyl (C=O) groups excluding carboxylic acids is 1. The lowest BCUT2D eigenvalue weighted by molar-refractivity contribution is 0.214. The summed E-state index contributed by atoms with van der Waals surface area (Å²) in [5, 5.41) is 3.48. The SMILES string of the molecule is Cc1cccc(N2NNN(C)C2=O)c1CSc1nc(-c2ccccc2)co1. The van der Waals surface area contributed by atoms with E-state index in [-0.39, 0.29) is 6.03 Å². The monoisotopic (exact) mass is 381 g/mol. The lowest BCUT2D eigenvalue weighted by atomic mass is 10.1. The molecule has 0 unspecified atom stereocenters. The number of aromatic nitrogens is 1. The number of hydrogen-bond acceptors (Lipinski definition) is 6. The first-order chi connectivity index (χ1) is 13.1. The standard InChI is InChI=1S/C19H19N5O2S/c1-13-7-6-10-17(24-19(25)23(2)21-22-24)15(13)12-27-18-20-16(11-26-18)14-8-4-3-5-9-14/h3-11,21-22H,12H2,1-2H3. The number of benzene rings is 2. The summed E-state index contributed by atoms with van der Waals surface area (Å²) in [7, 11) is 1.66. The van der Waals surface area contributed by atoms with Crippen LogP contribution < -0.4 is 16.1 Å². The van der Waals surface area contributed by atoms with Crippen molar-refractivity contribution in [1.82, 2.24) is 21.1 Å². The van der Waals surface area contributed by atoms with Gasteiger partial charge in [0, 0.05) is 18.4 Å². The Labute approximate surface area is 161 Å². The van der Waals surface area contributed by atoms with E-state index in [0.29, 0.717) is 11.0 Å². The molecule has 0 bridgehead atoms. The van der Waals surface area contributed by atoms with Crippen LogP contribution in [0.2, 0.25) is 0 Å². The maximum atomic E-state index is 12.3. The second-order valence-electron chi connectivity index (χ2n) is 6.13. The molecule has 2 amide bonds. The molecule has 0 spiro atoms. The maximum absolute atomic E-state index is 12.3. The van der Waals surface area contributed by atoms with Crippen molar-refractivity contribution in [1.29, 1.82) is 0 Å². The van der Waals surface area contributed by atoms with Crippen molar-refractivity contribution in [2.24, 2.45) is 0 Å². The summed E-state index contributed by atoms with van der Waals surface area (Å²) < 4.78 is 5.62. The number of urea groups is 1. The Morgan fingerprint density at radius 3 is 2.67 bits per heavy atom. The van der Waals surface area contributed by atoms with Gasteiger partial charge in [-0.15, -0.1) is 11.1 Å². The van der Waals surface area contributed by atoms with Gasteiger partial charge in [0.2, 0.25) is 0 Å². The summed E-state index contributed by atoms with van der Waals surface area (Å²) in [6.07, 6.45) is 1.67. The Morgan fingerprint density at radius 2 is 1.93 bits per heavy atom. The minimum absolute atomic E-state index is 0.172. The molecule has 0 aliphatic carbocycles. The summed E-state index contributed by atoms with van der Waals surface area (Å²) in [6.45, 7) is 2.03. The van der Waals surface area contributed by atoms with Crippen LogP contribution in [0.1, 0.15) is 11.1 Å². The Balaban J connectivity index is 1.54. The van der Waals surface area contributed by atoms with Crippen LogP contribution in [-0.4, -0.2) is 23.1 Å². The molecule has 2 N–H and O–H groups in total. The number of hydrogen-bond donors (Lipinski definition) is 2. The first kappa shape index (κ1) is 17.6. The molecule has 7 nitrogen and oxygen atoms in total. The smallest absolute Gasteiger partial charge is 0.355 e. The van der Waals surface area contributed by atoms with Crippen molar-refractivity contribution in [2.75, 3.05) is 12.1 Å². The molecule has 2 heterocycles. The van der Waals surface area contributed by atoms with Crippen LogP contribution in [-0.2, 0) is 5.75 Å². The quantitative estimate of drug-likeness (QED) is 0.656. The van der Waals surface area contributed by atoms with Gasteiger partial charge in [-0.05, 0) is 24.1 Å². The van der Waals surface area contributed by atoms with Crippen LogP contribution in [0.4, 0.5) is 10.5 Å². The highest BCUT2D eigenvalue weighted by Crippen LogP contribution is 2.32. The van der Waals surface area contributed by atoms with Crippen LogP contribution in [0.3, 0.4) is 0 Å². The van der Waals surface area contributed by atoms with Crippen LogP contribution in [0.15, 0.2) is 64.4 Å². The molecule has 1 fully saturated rings. The molecule has 2 aromatic carbocycles. The van der Waals surface area contributed by atoms with Gasteiger partial charge in [-0.25, -0.2) is 19.8 Å². The van der Waals surface area contributed by atoms with Gasteiger partial charge < -0.3 is 4.42 Å². The third kappa shape index (κ3) is 3.55. The summed E-state index contributed by atoms with van der Waals surface area (Å²) in [6, 6.07) is 15.6. The number of thioether (sulfide) groups is 1. The van der Waals surface area contributed by atoms with Crippen molar-refractivity contribution < 1.29 is 9.21 Å². The van der Waals surface area contributed by atoms with Gasteiger partial charge in [0.25, 0.3) is 5.22 Å². The van der Waals surface area contributed by atoms with E-state index in [1.807, 2.05) is 55.5 Å². The third-order valence-electron chi connectivity index (χ3n) is 4.33. The molecule has 4 rings (SSSR count). The predicted molar refractivity (Wildman–Crippen MR) is 105 cm³/mol. The molecule has 3 aromatic rings. The van der Waals surface area contributed by atoms with E-state index >= 15 is 0 Å². The number of oxazole rings is 1. The first-order valence-corrected chi connectivity index (χ1v) is 9.43. The van der Waals surface area contributed by atoms with Crippen LogP contribution in [0, 0.1) is 6.92 Å². The van der Waals surface area contributed by atoms with Crippen molar-refractivity contribution in [3.05, 3.63) is 65.9 Å². The van der Waals surface area contributed by atoms with E-state index in [0.717, 1.165) is 28.1 Å². The van der Waals surface area contributed by atoms with Gasteiger partial charge in [0.1, 0.15) is 12.0 Å². The number of nitrogens with one attached hydrogen (secondary N) is 2. The fraction of sp³-hybridized carbons (Fsp3) is 0.158. The second kappa shape index (κ2) is 7.43. The van der Waals surface area contributed by atoms with Gasteiger partial charge in [-0.1, -0.05) is 54.2 Å². The molecule has 8 heteroatoms. The average molecular weight is 381 g/mol. The number of carbonyl (C=O) groups is 1. The topological polar surface area (TPSA) is 73.6 Å². The molecule has 1 aromatic heterocycles. The molecule has 27 heavy (non-hydrogen) atoms. The van der Waals surface area contributed by atoms with Crippen LogP contribution in [0.5, 0.6) is 0 Å². The molecular formula is C19H19N5O2S. The second-order valence-corrected chi connectivity index (χ2v) is 7.05. The molecule has 1 aliphatic heterocycles. The fourth-order valence-electron chi connectivity index (χ4n) is 2.82. The zero-order valence-corrected chi connectivity index (χ0v) is 15.8. The molecule has 0 atom stereocenters. The van der Waals surface area contributed by atoms with Gasteiger partial charge in [-0.3, -0.25) is 0 Å². The minimum Gasteiger partial charge on any atom is -0.439 e. The zero-order chi connectivity index (χ0) is 18.8. The molecule has 0 saturated carbocycles. The zero-order valence-electron chi connectivity index (χ0n) is 15.0. The summed E-state index contributed by atoms with van der Waals surface area (Å²) in [5.74, 6) is 0.631. The summed E-state index contributed by atoms with van der Waals surface area (Å²) in [5.41, 5.74) is 10.4. The van der Waals surface area contributed by atoms with E-state index in [2.05, 4.69) is 16.1 Å². The maximum Gasteiger partial charge on any atom is 0.355 e. The largest absolute Gasteiger partial charge is 0.439 e. The van der Waals surface area contributed by atoms with Crippen molar-refractivity contribution >= 4 is 23.5 Å². The van der Waals surface area contributed by atoms with E-state index in [1.54, 1.807) is 13.3 Å². The number of rotatable bonds is 5. The summed E-state index contributed by atoms with van der Waals surface area (Å²) in [4.78, 5) is 16.9. The molecular weight excluding hydrogens is 362 g/mol. The lowest BCUT2D eigenvalue weighted by Crippen LogP contribution is -2.38. The molecule has 1 aliphatic rings. The van der Waals surface area contributed by atoms with Gasteiger partial charge in [0.05, 0.1) is 5.69 Å². The fourth-order valence-corrected chi connectivity index (χ4v) is 3.74. The number of amides is 2. The highest BCUT2D eigenvalue weighted by molar-refractivity contribution is 7.98. The van der Waals surface area contributed by atoms with E-state index in [1.165, 1.54) is 21.8 Å². The highest BCUT2D eigenvalue weighted by Gasteiger charge is 2.28. The Hall–Kier alpha value is -2.81. The van der Waals surface area contributed by atoms with E-state index in [4.69, 9.17) is 4.42 Å². The van der Waals surface area contributed by atoms with Gasteiger partial charge in [0.15, 0.2) is 0 Å². The van der Waals surface area contributed by atoms with Gasteiger partial charge in [-0.2, -0.15) is 0 Å². The minimum atomic E-state index is -0.172. The molecule has 1 saturated heterocycles. The number of aryl methyl sites for hydroxylation is 1. The average Bonchev–Trinajstić information content (AvgIpc) is 3.29. The van der Waals surface area contributed by atoms with E-state index in [9.17, 15) is 4.79 Å². The lowest BCUT2D eigenvalue weighted by Gasteiger charge is -2.19. The summed E-state index contributed by atoms with van der Waals surface area (Å²) >= 11 is 1.50. The predicted octanol–water partition coefficient (Wildman–Crippen LogP) is 3.74. The molecule has 138 valence electrons. The van der Waals surface area contributed by atoms with Crippen molar-refractivity contribution in [2.45, 2.75) is 17.9 Å². The van der Waals surface area contributed by atoms with Crippen LogP contribution in [0.25, 0.3) is 11.3 Å². The number of anilines is 1. The number of hydrazine groups is 3. The highest BCUT2D eigenvalue weighted by atomic mass is 32.2. The normalized spacial score (nSPS) is 14.2. The number of nitrogens with zero attached hydrogens (tertiary/aromatic N) is 3. The van der Waals surface area contributed by atoms with Gasteiger partial charge >= 0.3 is 6.03 Å². The first-order valence-electron chi connectivity index (χ1n) is 8.45. The van der Waals surface area contributed by atoms with Crippen molar-refractivity contribution in [3.63, 3.8) is 0 Å². The molecule has 0 radical (unpaired) electrons. The van der Waals surface area contributed by atoms with Crippen molar-refractivity contribution in [3.8, 4) is 11.3 Å². The van der Waals surface area contributed by atoms with E-state index < -0.39 is 0 Å². The Bertz CT molecular complexity index is 960. The Morgan fingerprint density at radius 1 is 1.11 bits per heavy atom. The van der Waals surface area contributed by atoms with Crippen LogP contribution >= 0.6 is 11.8 Å². The Kier molecular flexibility index (Phi) is 4.85.